The maximum Gasteiger partial charge on any atom is 0.405 e. The molecule has 1 amide bonds. The van der Waals surface area contributed by atoms with E-state index < -0.39 is 6.09 Å². The maximum absolute atomic E-state index is 9.61. The van der Waals surface area contributed by atoms with Crippen LogP contribution in [-0.4, -0.2) is 24.9 Å². The van der Waals surface area contributed by atoms with E-state index in [0.29, 0.717) is 6.67 Å². The summed E-state index contributed by atoms with van der Waals surface area (Å²) in [7, 11) is 1.66. The van der Waals surface area contributed by atoms with E-state index in [9.17, 15) is 4.79 Å². The van der Waals surface area contributed by atoms with Crippen molar-refractivity contribution in [3.05, 3.63) is 0 Å². The Morgan fingerprint density at radius 1 is 1.86 bits per heavy atom. The lowest BCUT2D eigenvalue weighted by Gasteiger charge is -1.94. The summed E-state index contributed by atoms with van der Waals surface area (Å²) in [6.07, 6.45) is -1.01. The van der Waals surface area contributed by atoms with E-state index >= 15 is 0 Å². The molecule has 0 heterocycles. The average Bonchev–Trinajstić information content (AvgIpc) is 1.61. The Labute approximate surface area is 41.5 Å². The first-order valence-electron chi connectivity index (χ1n) is 1.88. The van der Waals surface area contributed by atoms with Gasteiger partial charge in [0.25, 0.3) is 0 Å². The fourth-order valence-corrected chi connectivity index (χ4v) is 0.164. The molecular formula is C3H8N2O2. The van der Waals surface area contributed by atoms with E-state index in [1.165, 1.54) is 0 Å². The van der Waals surface area contributed by atoms with Gasteiger partial charge in [-0.25, -0.2) is 4.79 Å². The number of hydrogen-bond donors (Lipinski definition) is 3. The quantitative estimate of drug-likeness (QED) is 0.411. The Kier molecular flexibility index (Phi) is 3.04. The van der Waals surface area contributed by atoms with Crippen LogP contribution in [0.4, 0.5) is 4.79 Å². The summed E-state index contributed by atoms with van der Waals surface area (Å²) >= 11 is 0. The van der Waals surface area contributed by atoms with Crippen LogP contribution in [0.25, 0.3) is 0 Å². The number of hydrogen-bond acceptors (Lipinski definition) is 2. The van der Waals surface area contributed by atoms with E-state index in [-0.39, 0.29) is 0 Å². The molecule has 0 saturated carbocycles. The molecule has 0 rings (SSSR count). The second kappa shape index (κ2) is 3.42. The number of carboxylic acid groups (broad SMARTS) is 1. The van der Waals surface area contributed by atoms with E-state index in [1.807, 2.05) is 0 Å². The highest BCUT2D eigenvalue weighted by Crippen LogP contribution is 1.52. The van der Waals surface area contributed by atoms with Gasteiger partial charge in [-0.15, -0.1) is 0 Å². The van der Waals surface area contributed by atoms with E-state index in [1.54, 1.807) is 7.05 Å². The second-order valence-electron chi connectivity index (χ2n) is 1.01. The fraction of sp³-hybridized carbons (Fsp3) is 0.667. The topological polar surface area (TPSA) is 61.4 Å². The van der Waals surface area contributed by atoms with Crippen molar-refractivity contribution >= 4 is 6.09 Å². The Hall–Kier alpha value is -0.770. The zero-order valence-corrected chi connectivity index (χ0v) is 4.06. The van der Waals surface area contributed by atoms with Crippen LogP contribution in [0, 0.1) is 0 Å². The summed E-state index contributed by atoms with van der Waals surface area (Å²) in [6.45, 7) is 0.301. The van der Waals surface area contributed by atoms with Crippen LogP contribution in [-0.2, 0) is 0 Å². The van der Waals surface area contributed by atoms with Gasteiger partial charge < -0.3 is 15.7 Å². The molecule has 0 aliphatic carbocycles. The maximum atomic E-state index is 9.61. The van der Waals surface area contributed by atoms with Gasteiger partial charge >= 0.3 is 6.09 Å². The lowest BCUT2D eigenvalue weighted by atomic mass is 11.0. The molecule has 0 aliphatic rings. The first-order valence-corrected chi connectivity index (χ1v) is 1.88. The van der Waals surface area contributed by atoms with Crippen molar-refractivity contribution in [2.75, 3.05) is 13.7 Å². The molecule has 0 aromatic rings. The predicted molar refractivity (Wildman–Crippen MR) is 25.1 cm³/mol. The van der Waals surface area contributed by atoms with Crippen LogP contribution < -0.4 is 10.6 Å². The second-order valence-corrected chi connectivity index (χ2v) is 1.01. The molecule has 3 N–H and O–H groups in total. The minimum absolute atomic E-state index is 0.301. The van der Waals surface area contributed by atoms with Crippen molar-refractivity contribution in [2.24, 2.45) is 0 Å². The minimum Gasteiger partial charge on any atom is -0.465 e. The molecule has 0 aromatic carbocycles. The summed E-state index contributed by atoms with van der Waals surface area (Å²) in [4.78, 5) is 9.61. The molecular weight excluding hydrogens is 96.0 g/mol. The number of rotatable bonds is 2. The lowest BCUT2D eigenvalue weighted by molar-refractivity contribution is 0.194. The van der Waals surface area contributed by atoms with Gasteiger partial charge in [0.05, 0.1) is 6.67 Å². The molecule has 0 aromatic heterocycles. The molecule has 0 radical (unpaired) electrons. The van der Waals surface area contributed by atoms with Crippen LogP contribution in [0.3, 0.4) is 0 Å². The zero-order valence-electron chi connectivity index (χ0n) is 4.06. The predicted octanol–water partition coefficient (Wildman–Crippen LogP) is -0.569. The Balaban J connectivity index is 2.82. The Morgan fingerprint density at radius 2 is 2.43 bits per heavy atom. The zero-order chi connectivity index (χ0) is 5.70. The normalized spacial score (nSPS) is 8.14. The number of amides is 1. The first-order chi connectivity index (χ1) is 3.27. The largest absolute Gasteiger partial charge is 0.465 e. The highest BCUT2D eigenvalue weighted by molar-refractivity contribution is 5.64. The van der Waals surface area contributed by atoms with Gasteiger partial charge in [-0.1, -0.05) is 0 Å². The van der Waals surface area contributed by atoms with Gasteiger partial charge in [-0.05, 0) is 7.05 Å². The molecule has 0 aliphatic heterocycles. The van der Waals surface area contributed by atoms with E-state index in [0.717, 1.165) is 0 Å². The average molecular weight is 104 g/mol. The lowest BCUT2D eigenvalue weighted by Crippen LogP contribution is -2.30. The Morgan fingerprint density at radius 3 is 2.57 bits per heavy atom. The summed E-state index contributed by atoms with van der Waals surface area (Å²) in [6, 6.07) is 0. The number of nitrogens with one attached hydrogen (secondary N) is 2. The summed E-state index contributed by atoms with van der Waals surface area (Å²) < 4.78 is 0. The van der Waals surface area contributed by atoms with Gasteiger partial charge in [-0.2, -0.15) is 0 Å². The van der Waals surface area contributed by atoms with Crippen molar-refractivity contribution in [3.8, 4) is 0 Å². The van der Waals surface area contributed by atoms with Crippen LogP contribution in [0.15, 0.2) is 0 Å². The summed E-state index contributed by atoms with van der Waals surface area (Å²) in [5.41, 5.74) is 0. The van der Waals surface area contributed by atoms with Gasteiger partial charge in [0, 0.05) is 0 Å². The van der Waals surface area contributed by atoms with Gasteiger partial charge in [-0.3, -0.25) is 0 Å². The molecule has 0 unspecified atom stereocenters. The van der Waals surface area contributed by atoms with Crippen molar-refractivity contribution in [3.63, 3.8) is 0 Å². The van der Waals surface area contributed by atoms with Crippen molar-refractivity contribution in [2.45, 2.75) is 0 Å². The van der Waals surface area contributed by atoms with Gasteiger partial charge in [0.15, 0.2) is 0 Å². The minimum atomic E-state index is -1.01. The SMILES string of the molecule is CNCNC(=O)O. The highest BCUT2D eigenvalue weighted by atomic mass is 16.4. The van der Waals surface area contributed by atoms with Gasteiger partial charge in [0.2, 0.25) is 0 Å². The van der Waals surface area contributed by atoms with Crippen molar-refractivity contribution in [1.29, 1.82) is 0 Å². The Bertz CT molecular complexity index is 64.0. The standard InChI is InChI=1S/C3H8N2O2/c1-4-2-5-3(6)7/h4-5H,2H2,1H3,(H,6,7). The van der Waals surface area contributed by atoms with E-state index in [4.69, 9.17) is 5.11 Å². The third-order valence-corrected chi connectivity index (χ3v) is 0.416. The molecule has 7 heavy (non-hydrogen) atoms. The van der Waals surface area contributed by atoms with E-state index in [2.05, 4.69) is 10.6 Å². The first kappa shape index (κ1) is 6.23. The third-order valence-electron chi connectivity index (χ3n) is 0.416. The smallest absolute Gasteiger partial charge is 0.405 e. The van der Waals surface area contributed by atoms with Crippen molar-refractivity contribution in [1.82, 2.24) is 10.6 Å². The van der Waals surface area contributed by atoms with Crippen LogP contribution >= 0.6 is 0 Å². The van der Waals surface area contributed by atoms with Crippen LogP contribution in [0.2, 0.25) is 0 Å². The van der Waals surface area contributed by atoms with Crippen LogP contribution in [0.5, 0.6) is 0 Å². The molecule has 4 nitrogen and oxygen atoms in total. The fourth-order valence-electron chi connectivity index (χ4n) is 0.164. The van der Waals surface area contributed by atoms with Crippen LogP contribution in [0.1, 0.15) is 0 Å². The molecule has 0 fully saturated rings. The van der Waals surface area contributed by atoms with Crippen molar-refractivity contribution < 1.29 is 9.90 Å². The summed E-state index contributed by atoms with van der Waals surface area (Å²) in [5, 5.41) is 12.6. The highest BCUT2D eigenvalue weighted by Gasteiger charge is 1.85. The number of carbonyl (C=O) groups is 1. The molecule has 4 heteroatoms. The monoisotopic (exact) mass is 104 g/mol. The molecule has 0 atom stereocenters. The van der Waals surface area contributed by atoms with Gasteiger partial charge in [0.1, 0.15) is 0 Å². The summed E-state index contributed by atoms with van der Waals surface area (Å²) in [5.74, 6) is 0. The third kappa shape index (κ3) is 5.23. The molecule has 42 valence electrons. The molecule has 0 saturated heterocycles. The molecule has 0 bridgehead atoms. The molecule has 0 spiro atoms.